The lowest BCUT2D eigenvalue weighted by molar-refractivity contribution is -0.128. The fourth-order valence-corrected chi connectivity index (χ4v) is 5.11. The van der Waals surface area contributed by atoms with E-state index < -0.39 is 0 Å². The minimum atomic E-state index is -0.0716. The summed E-state index contributed by atoms with van der Waals surface area (Å²) in [6, 6.07) is 9.90. The maximum atomic E-state index is 13.0. The van der Waals surface area contributed by atoms with Crippen molar-refractivity contribution in [2.45, 2.75) is 38.5 Å². The third kappa shape index (κ3) is 4.31. The van der Waals surface area contributed by atoms with Crippen molar-refractivity contribution in [3.8, 4) is 0 Å². The monoisotopic (exact) mass is 427 g/mol. The molecule has 0 aliphatic carbocycles. The normalized spacial score (nSPS) is 12.1. The van der Waals surface area contributed by atoms with Gasteiger partial charge in [0.2, 0.25) is 5.91 Å². The largest absolute Gasteiger partial charge is 0.338 e. The molecule has 3 rings (SSSR count). The van der Waals surface area contributed by atoms with Gasteiger partial charge in [0.1, 0.15) is 4.83 Å². The van der Waals surface area contributed by atoms with E-state index in [9.17, 15) is 9.59 Å². The standard InChI is InChI=1S/C22H25N3O2S2/c1-6-12-25-21(27)19-14(2)16(4)29-20(19)23-22(25)28-13-18(26)24(5)15(3)17-10-8-7-9-11-17/h6-11,15H,1,12-13H2,2-5H3. The smallest absolute Gasteiger partial charge is 0.263 e. The summed E-state index contributed by atoms with van der Waals surface area (Å²) in [6.07, 6.45) is 1.68. The molecule has 0 saturated heterocycles. The molecule has 1 aromatic carbocycles. The number of aromatic nitrogens is 2. The second kappa shape index (κ2) is 8.97. The molecule has 0 bridgehead atoms. The molecule has 29 heavy (non-hydrogen) atoms. The van der Waals surface area contributed by atoms with Crippen molar-refractivity contribution in [3.05, 3.63) is 69.3 Å². The van der Waals surface area contributed by atoms with E-state index in [0.29, 0.717) is 17.1 Å². The molecule has 3 aromatic rings. The van der Waals surface area contributed by atoms with Gasteiger partial charge in [-0.05, 0) is 31.9 Å². The first-order valence-corrected chi connectivity index (χ1v) is 11.2. The van der Waals surface area contributed by atoms with E-state index in [1.807, 2.05) is 51.1 Å². The van der Waals surface area contributed by atoms with Crippen LogP contribution in [0, 0.1) is 13.8 Å². The highest BCUT2D eigenvalue weighted by molar-refractivity contribution is 7.99. The van der Waals surface area contributed by atoms with Gasteiger partial charge < -0.3 is 4.90 Å². The first kappa shape index (κ1) is 21.3. The Kier molecular flexibility index (Phi) is 6.59. The van der Waals surface area contributed by atoms with Crippen molar-refractivity contribution >= 4 is 39.2 Å². The molecule has 5 nitrogen and oxygen atoms in total. The molecule has 0 aliphatic heterocycles. The zero-order valence-corrected chi connectivity index (χ0v) is 18.8. The maximum Gasteiger partial charge on any atom is 0.263 e. The van der Waals surface area contributed by atoms with Crippen molar-refractivity contribution in [2.75, 3.05) is 12.8 Å². The highest BCUT2D eigenvalue weighted by atomic mass is 32.2. The summed E-state index contributed by atoms with van der Waals surface area (Å²) in [5.74, 6) is 0.205. The van der Waals surface area contributed by atoms with Crippen molar-refractivity contribution in [1.82, 2.24) is 14.5 Å². The SMILES string of the molecule is C=CCn1c(SCC(=O)N(C)C(C)c2ccccc2)nc2sc(C)c(C)c2c1=O. The topological polar surface area (TPSA) is 55.2 Å². The zero-order valence-electron chi connectivity index (χ0n) is 17.1. The molecule has 1 atom stereocenters. The van der Waals surface area contributed by atoms with Gasteiger partial charge in [-0.1, -0.05) is 48.2 Å². The van der Waals surface area contributed by atoms with Gasteiger partial charge in [-0.3, -0.25) is 14.2 Å². The highest BCUT2D eigenvalue weighted by Gasteiger charge is 2.20. The molecule has 152 valence electrons. The second-order valence-electron chi connectivity index (χ2n) is 6.94. The van der Waals surface area contributed by atoms with Crippen LogP contribution in [0.3, 0.4) is 0 Å². The van der Waals surface area contributed by atoms with Crippen molar-refractivity contribution < 1.29 is 4.79 Å². The number of amides is 1. The van der Waals surface area contributed by atoms with E-state index in [0.717, 1.165) is 20.8 Å². The molecular formula is C22H25N3O2S2. The molecule has 1 amide bonds. The third-order valence-electron chi connectivity index (χ3n) is 5.15. The number of carbonyl (C=O) groups is 1. The number of thiophene rings is 1. The van der Waals surface area contributed by atoms with Gasteiger partial charge in [0.15, 0.2) is 5.16 Å². The van der Waals surface area contributed by atoms with Gasteiger partial charge in [0.05, 0.1) is 17.2 Å². The van der Waals surface area contributed by atoms with E-state index in [-0.39, 0.29) is 23.3 Å². The van der Waals surface area contributed by atoms with Crippen LogP contribution in [0.1, 0.15) is 29.0 Å². The average molecular weight is 428 g/mol. The van der Waals surface area contributed by atoms with Crippen LogP contribution in [0.15, 0.2) is 52.9 Å². The minimum absolute atomic E-state index is 0.00982. The Morgan fingerprint density at radius 2 is 2.03 bits per heavy atom. The number of rotatable bonds is 7. The third-order valence-corrected chi connectivity index (χ3v) is 7.21. The van der Waals surface area contributed by atoms with E-state index in [1.165, 1.54) is 23.1 Å². The molecule has 0 spiro atoms. The fraction of sp³-hybridized carbons (Fsp3) is 0.318. The van der Waals surface area contributed by atoms with Crippen LogP contribution in [0.2, 0.25) is 0 Å². The Hall–Kier alpha value is -2.38. The molecule has 0 saturated carbocycles. The Balaban J connectivity index is 1.84. The summed E-state index contributed by atoms with van der Waals surface area (Å²) >= 11 is 2.82. The van der Waals surface area contributed by atoms with Crippen LogP contribution >= 0.6 is 23.1 Å². The minimum Gasteiger partial charge on any atom is -0.338 e. The summed E-state index contributed by atoms with van der Waals surface area (Å²) < 4.78 is 1.60. The predicted molar refractivity (Wildman–Crippen MR) is 122 cm³/mol. The number of hydrogen-bond acceptors (Lipinski definition) is 5. The average Bonchev–Trinajstić information content (AvgIpc) is 3.01. The lowest BCUT2D eigenvalue weighted by Crippen LogP contribution is -2.31. The molecule has 0 radical (unpaired) electrons. The summed E-state index contributed by atoms with van der Waals surface area (Å²) in [5, 5.41) is 1.22. The van der Waals surface area contributed by atoms with Crippen molar-refractivity contribution in [3.63, 3.8) is 0 Å². The van der Waals surface area contributed by atoms with E-state index in [4.69, 9.17) is 4.98 Å². The van der Waals surface area contributed by atoms with Crippen LogP contribution in [0.5, 0.6) is 0 Å². The first-order chi connectivity index (χ1) is 13.8. The molecule has 0 N–H and O–H groups in total. The van der Waals surface area contributed by atoms with Gasteiger partial charge in [-0.25, -0.2) is 4.98 Å². The zero-order chi connectivity index (χ0) is 21.1. The molecule has 2 aromatic heterocycles. The van der Waals surface area contributed by atoms with Gasteiger partial charge >= 0.3 is 0 Å². The quantitative estimate of drug-likeness (QED) is 0.315. The van der Waals surface area contributed by atoms with Gasteiger partial charge in [0, 0.05) is 18.5 Å². The summed E-state index contributed by atoms with van der Waals surface area (Å²) in [6.45, 7) is 10.1. The van der Waals surface area contributed by atoms with Crippen molar-refractivity contribution in [1.29, 1.82) is 0 Å². The first-order valence-electron chi connectivity index (χ1n) is 9.40. The molecular weight excluding hydrogens is 402 g/mol. The van der Waals surface area contributed by atoms with E-state index in [1.54, 1.807) is 22.6 Å². The van der Waals surface area contributed by atoms with Gasteiger partial charge in [-0.15, -0.1) is 17.9 Å². The Morgan fingerprint density at radius 1 is 1.34 bits per heavy atom. The molecule has 7 heteroatoms. The summed E-state index contributed by atoms with van der Waals surface area (Å²) in [4.78, 5) is 34.0. The highest BCUT2D eigenvalue weighted by Crippen LogP contribution is 2.29. The number of fused-ring (bicyclic) bond motifs is 1. The number of benzene rings is 1. The van der Waals surface area contributed by atoms with Gasteiger partial charge in [0.25, 0.3) is 5.56 Å². The Labute approximate surface area is 179 Å². The Bertz CT molecular complexity index is 1100. The van der Waals surface area contributed by atoms with Gasteiger partial charge in [-0.2, -0.15) is 0 Å². The second-order valence-corrected chi connectivity index (χ2v) is 9.09. The van der Waals surface area contributed by atoms with Crippen LogP contribution in [0.25, 0.3) is 10.2 Å². The van der Waals surface area contributed by atoms with Crippen LogP contribution in [-0.4, -0.2) is 33.2 Å². The molecule has 0 aliphatic rings. The van der Waals surface area contributed by atoms with Crippen LogP contribution < -0.4 is 5.56 Å². The molecule has 2 heterocycles. The number of hydrogen-bond donors (Lipinski definition) is 0. The van der Waals surface area contributed by atoms with E-state index in [2.05, 4.69) is 6.58 Å². The lowest BCUT2D eigenvalue weighted by atomic mass is 10.1. The van der Waals surface area contributed by atoms with E-state index >= 15 is 0 Å². The number of carbonyl (C=O) groups excluding carboxylic acids is 1. The molecule has 1 unspecified atom stereocenters. The lowest BCUT2D eigenvalue weighted by Gasteiger charge is -2.25. The number of aryl methyl sites for hydroxylation is 2. The molecule has 0 fully saturated rings. The van der Waals surface area contributed by atoms with Crippen LogP contribution in [0.4, 0.5) is 0 Å². The number of thioether (sulfide) groups is 1. The summed E-state index contributed by atoms with van der Waals surface area (Å²) in [5.41, 5.74) is 1.99. The summed E-state index contributed by atoms with van der Waals surface area (Å²) in [7, 11) is 1.81. The number of allylic oxidation sites excluding steroid dienone is 1. The Morgan fingerprint density at radius 3 is 2.69 bits per heavy atom. The maximum absolute atomic E-state index is 13.0. The number of nitrogens with zero attached hydrogens (tertiary/aromatic N) is 3. The van der Waals surface area contributed by atoms with Crippen LogP contribution in [-0.2, 0) is 11.3 Å². The predicted octanol–water partition coefficient (Wildman–Crippen LogP) is 4.57. The van der Waals surface area contributed by atoms with Crippen molar-refractivity contribution in [2.24, 2.45) is 0 Å². The fourth-order valence-electron chi connectivity index (χ4n) is 3.11.